The second-order valence-electron chi connectivity index (χ2n) is 4.45. The standard InChI is InChI=1S/C9H15O3PSSi/c1-15(2,3)8-6-4-5-7(13)9(8)14(10,11)12/h4-6H,13H2,1-3H3,(H,10,11,12). The molecule has 0 amide bonds. The Hall–Kier alpha value is -0.223. The maximum atomic E-state index is 11.3. The zero-order chi connectivity index (χ0) is 11.9. The van der Waals surface area contributed by atoms with Crippen LogP contribution < -0.4 is 10.5 Å². The molecule has 1 N–H and O–H groups in total. The molecule has 0 aliphatic rings. The SMILES string of the molecule is C[Si](C)(C)c1cccc(P)c1S(=O)(=O)O. The summed E-state index contributed by atoms with van der Waals surface area (Å²) in [5, 5.41) is 1.29. The quantitative estimate of drug-likeness (QED) is 0.491. The molecule has 0 saturated heterocycles. The normalized spacial score (nSPS) is 12.9. The van der Waals surface area contributed by atoms with E-state index in [2.05, 4.69) is 9.24 Å². The summed E-state index contributed by atoms with van der Waals surface area (Å²) in [6.45, 7) is 6.13. The molecule has 0 bridgehead atoms. The highest BCUT2D eigenvalue weighted by Crippen LogP contribution is 2.12. The van der Waals surface area contributed by atoms with Crippen molar-refractivity contribution < 1.29 is 13.0 Å². The molecule has 1 atom stereocenters. The molecule has 0 aliphatic carbocycles. The van der Waals surface area contributed by atoms with Gasteiger partial charge in [0.15, 0.2) is 0 Å². The first kappa shape index (κ1) is 12.8. The Morgan fingerprint density at radius 2 is 1.80 bits per heavy atom. The van der Waals surface area contributed by atoms with E-state index >= 15 is 0 Å². The summed E-state index contributed by atoms with van der Waals surface area (Å²) in [5.41, 5.74) is 0. The van der Waals surface area contributed by atoms with Crippen LogP contribution in [-0.4, -0.2) is 21.0 Å². The molecular weight excluding hydrogens is 247 g/mol. The smallest absolute Gasteiger partial charge is 0.282 e. The second kappa shape index (κ2) is 3.98. The third-order valence-corrected chi connectivity index (χ3v) is 5.99. The molecule has 0 heterocycles. The molecule has 0 radical (unpaired) electrons. The molecule has 0 fully saturated rings. The lowest BCUT2D eigenvalue weighted by molar-refractivity contribution is 0.484. The molecule has 84 valence electrons. The molecule has 6 heteroatoms. The maximum Gasteiger partial charge on any atom is 0.295 e. The Morgan fingerprint density at radius 3 is 2.13 bits per heavy atom. The molecule has 0 saturated carbocycles. The van der Waals surface area contributed by atoms with E-state index in [9.17, 15) is 13.0 Å². The molecule has 0 spiro atoms. The van der Waals surface area contributed by atoms with Gasteiger partial charge in [-0.3, -0.25) is 4.55 Å². The van der Waals surface area contributed by atoms with Gasteiger partial charge in [0.05, 0.1) is 8.07 Å². The predicted molar refractivity (Wildman–Crippen MR) is 68.6 cm³/mol. The summed E-state index contributed by atoms with van der Waals surface area (Å²) in [7, 11) is -3.56. The Morgan fingerprint density at radius 1 is 1.27 bits per heavy atom. The van der Waals surface area contributed by atoms with Crippen molar-refractivity contribution in [2.24, 2.45) is 0 Å². The molecule has 1 unspecified atom stereocenters. The Bertz CT molecular complexity index is 477. The highest BCUT2D eigenvalue weighted by molar-refractivity contribution is 7.86. The van der Waals surface area contributed by atoms with Gasteiger partial charge in [-0.05, 0) is 10.5 Å². The zero-order valence-electron chi connectivity index (χ0n) is 8.98. The number of benzene rings is 1. The van der Waals surface area contributed by atoms with E-state index in [1.165, 1.54) is 0 Å². The van der Waals surface area contributed by atoms with Crippen LogP contribution in [0.2, 0.25) is 19.6 Å². The molecule has 15 heavy (non-hydrogen) atoms. The lowest BCUT2D eigenvalue weighted by atomic mass is 10.4. The van der Waals surface area contributed by atoms with Gasteiger partial charge < -0.3 is 0 Å². The third-order valence-electron chi connectivity index (χ3n) is 2.11. The van der Waals surface area contributed by atoms with Gasteiger partial charge >= 0.3 is 0 Å². The minimum absolute atomic E-state index is 0.0640. The first-order chi connectivity index (χ1) is 6.64. The van der Waals surface area contributed by atoms with E-state index in [0.717, 1.165) is 5.19 Å². The van der Waals surface area contributed by atoms with Crippen molar-refractivity contribution in [2.75, 3.05) is 0 Å². The van der Waals surface area contributed by atoms with Gasteiger partial charge in [-0.2, -0.15) is 8.42 Å². The summed E-state index contributed by atoms with van der Waals surface area (Å²) < 4.78 is 31.8. The largest absolute Gasteiger partial charge is 0.295 e. The van der Waals surface area contributed by atoms with E-state index in [1.54, 1.807) is 12.1 Å². The Labute approximate surface area is 93.9 Å². The summed E-state index contributed by atoms with van der Waals surface area (Å²) in [6, 6.07) is 5.25. The predicted octanol–water partition coefficient (Wildman–Crippen LogP) is 0.979. The van der Waals surface area contributed by atoms with Gasteiger partial charge in [-0.1, -0.05) is 37.8 Å². The van der Waals surface area contributed by atoms with Gasteiger partial charge in [-0.15, -0.1) is 9.24 Å². The van der Waals surface area contributed by atoms with E-state index in [4.69, 9.17) is 0 Å². The Balaban J connectivity index is 3.63. The summed E-state index contributed by atoms with van der Waals surface area (Å²) in [5.74, 6) is 0. The van der Waals surface area contributed by atoms with Crippen LogP contribution in [0.3, 0.4) is 0 Å². The lowest BCUT2D eigenvalue weighted by Crippen LogP contribution is -2.43. The van der Waals surface area contributed by atoms with Crippen LogP contribution >= 0.6 is 9.24 Å². The average Bonchev–Trinajstić information content (AvgIpc) is 1.99. The Kier molecular flexibility index (Phi) is 3.41. The lowest BCUT2D eigenvalue weighted by Gasteiger charge is -2.20. The van der Waals surface area contributed by atoms with Gasteiger partial charge in [0.1, 0.15) is 4.90 Å². The first-order valence-electron chi connectivity index (χ1n) is 4.50. The molecule has 3 nitrogen and oxygen atoms in total. The van der Waals surface area contributed by atoms with Crippen LogP contribution in [0.15, 0.2) is 23.1 Å². The zero-order valence-corrected chi connectivity index (χ0v) is 12.0. The van der Waals surface area contributed by atoms with E-state index < -0.39 is 18.2 Å². The minimum Gasteiger partial charge on any atom is -0.282 e. The van der Waals surface area contributed by atoms with Gasteiger partial charge in [0.25, 0.3) is 10.1 Å². The van der Waals surface area contributed by atoms with Crippen molar-refractivity contribution >= 4 is 37.9 Å². The minimum atomic E-state index is -4.13. The van der Waals surface area contributed by atoms with Gasteiger partial charge in [-0.25, -0.2) is 0 Å². The van der Waals surface area contributed by atoms with E-state index in [0.29, 0.717) is 5.30 Å². The fourth-order valence-corrected chi connectivity index (χ4v) is 5.73. The number of hydrogen-bond donors (Lipinski definition) is 1. The highest BCUT2D eigenvalue weighted by atomic mass is 32.2. The van der Waals surface area contributed by atoms with Crippen molar-refractivity contribution in [1.29, 1.82) is 0 Å². The fourth-order valence-electron chi connectivity index (χ4n) is 1.43. The van der Waals surface area contributed by atoms with Crippen molar-refractivity contribution in [3.8, 4) is 0 Å². The molecule has 0 aliphatic heterocycles. The van der Waals surface area contributed by atoms with Crippen molar-refractivity contribution in [3.63, 3.8) is 0 Å². The van der Waals surface area contributed by atoms with Gasteiger partial charge in [0, 0.05) is 0 Å². The number of rotatable bonds is 2. The highest BCUT2D eigenvalue weighted by Gasteiger charge is 2.27. The van der Waals surface area contributed by atoms with Crippen LogP contribution in [0.4, 0.5) is 0 Å². The van der Waals surface area contributed by atoms with E-state index in [-0.39, 0.29) is 4.90 Å². The molecule has 1 aromatic carbocycles. The van der Waals surface area contributed by atoms with Crippen LogP contribution in [0.25, 0.3) is 0 Å². The summed E-state index contributed by atoms with van der Waals surface area (Å²) >= 11 is 0. The maximum absolute atomic E-state index is 11.3. The molecular formula is C9H15O3PSSi. The molecule has 0 aromatic heterocycles. The van der Waals surface area contributed by atoms with E-state index in [1.807, 2.05) is 25.7 Å². The second-order valence-corrected chi connectivity index (χ2v) is 11.5. The van der Waals surface area contributed by atoms with Gasteiger partial charge in [0.2, 0.25) is 0 Å². The molecule has 1 aromatic rings. The van der Waals surface area contributed by atoms with Crippen molar-refractivity contribution in [1.82, 2.24) is 0 Å². The summed E-state index contributed by atoms with van der Waals surface area (Å²) in [6.07, 6.45) is 0. The third kappa shape index (κ3) is 2.88. The fraction of sp³-hybridized carbons (Fsp3) is 0.333. The number of hydrogen-bond acceptors (Lipinski definition) is 2. The van der Waals surface area contributed by atoms with Crippen LogP contribution in [0.5, 0.6) is 0 Å². The van der Waals surface area contributed by atoms with Crippen LogP contribution in [-0.2, 0) is 10.1 Å². The molecule has 1 rings (SSSR count). The van der Waals surface area contributed by atoms with Crippen molar-refractivity contribution in [2.45, 2.75) is 24.5 Å². The van der Waals surface area contributed by atoms with Crippen LogP contribution in [0, 0.1) is 0 Å². The van der Waals surface area contributed by atoms with Crippen LogP contribution in [0.1, 0.15) is 0 Å². The summed E-state index contributed by atoms with van der Waals surface area (Å²) in [4.78, 5) is 0.0640. The average molecular weight is 262 g/mol. The first-order valence-corrected chi connectivity index (χ1v) is 10.0. The van der Waals surface area contributed by atoms with Crippen molar-refractivity contribution in [3.05, 3.63) is 18.2 Å². The topological polar surface area (TPSA) is 54.4 Å². The monoisotopic (exact) mass is 262 g/mol.